The van der Waals surface area contributed by atoms with Gasteiger partial charge in [-0.25, -0.2) is 0 Å². The van der Waals surface area contributed by atoms with Crippen molar-refractivity contribution in [3.05, 3.63) is 36.2 Å². The largest absolute Gasteiger partial charge is 0.352 e. The van der Waals surface area contributed by atoms with Crippen LogP contribution in [0.4, 0.5) is 0 Å². The number of ketones is 1. The summed E-state index contributed by atoms with van der Waals surface area (Å²) in [5, 5.41) is 17.9. The summed E-state index contributed by atoms with van der Waals surface area (Å²) < 4.78 is 0. The van der Waals surface area contributed by atoms with E-state index in [0.29, 0.717) is 31.6 Å². The van der Waals surface area contributed by atoms with E-state index < -0.39 is 0 Å². The highest BCUT2D eigenvalue weighted by molar-refractivity contribution is 5.78. The van der Waals surface area contributed by atoms with Crippen LogP contribution in [0.5, 0.6) is 0 Å². The summed E-state index contributed by atoms with van der Waals surface area (Å²) in [6, 6.07) is 7.49. The molecule has 0 atom stereocenters. The molecular weight excluding hydrogens is 282 g/mol. The Hall–Kier alpha value is -2.70. The first kappa shape index (κ1) is 15.7. The first-order valence-corrected chi connectivity index (χ1v) is 7.01. The molecule has 0 bridgehead atoms. The Morgan fingerprint density at radius 1 is 1.05 bits per heavy atom. The van der Waals surface area contributed by atoms with Gasteiger partial charge in [-0.2, -0.15) is 0 Å². The summed E-state index contributed by atoms with van der Waals surface area (Å²) in [6.07, 6.45) is 2.68. The standard InChI is InChI=1S/C15H17N5O2/c1-11(21)3-2-4-14(22)16-9-12-5-7-13(8-6-12)15-19-17-10-18-20-15/h5-8,10H,2-4,9H2,1H3,(H,16,22). The molecule has 0 aliphatic carbocycles. The van der Waals surface area contributed by atoms with Crippen LogP contribution in [0, 0.1) is 0 Å². The minimum atomic E-state index is -0.0508. The molecule has 7 heteroatoms. The predicted octanol–water partition coefficient (Wildman–Crippen LogP) is 1.31. The summed E-state index contributed by atoms with van der Waals surface area (Å²) in [4.78, 5) is 22.4. The Bertz CT molecular complexity index is 628. The highest BCUT2D eigenvalue weighted by atomic mass is 16.1. The molecule has 1 aromatic heterocycles. The summed E-state index contributed by atoms with van der Waals surface area (Å²) in [5.74, 6) is 0.517. The number of rotatable bonds is 7. The fourth-order valence-corrected chi connectivity index (χ4v) is 1.88. The van der Waals surface area contributed by atoms with Crippen molar-refractivity contribution in [2.24, 2.45) is 0 Å². The Morgan fingerprint density at radius 3 is 2.36 bits per heavy atom. The van der Waals surface area contributed by atoms with E-state index in [1.807, 2.05) is 24.3 Å². The van der Waals surface area contributed by atoms with Gasteiger partial charge < -0.3 is 10.1 Å². The van der Waals surface area contributed by atoms with E-state index in [0.717, 1.165) is 11.1 Å². The number of aromatic nitrogens is 4. The Balaban J connectivity index is 1.82. The van der Waals surface area contributed by atoms with E-state index in [9.17, 15) is 9.59 Å². The number of Topliss-reactive ketones (excluding diaryl/α,β-unsaturated/α-hetero) is 1. The molecule has 0 fully saturated rings. The van der Waals surface area contributed by atoms with Gasteiger partial charge in [-0.1, -0.05) is 24.3 Å². The van der Waals surface area contributed by atoms with E-state index >= 15 is 0 Å². The second-order valence-corrected chi connectivity index (χ2v) is 4.90. The third-order valence-corrected chi connectivity index (χ3v) is 3.04. The lowest BCUT2D eigenvalue weighted by atomic mass is 10.1. The highest BCUT2D eigenvalue weighted by Crippen LogP contribution is 2.13. The average Bonchev–Trinajstić information content (AvgIpc) is 2.54. The van der Waals surface area contributed by atoms with Crippen LogP contribution in [-0.2, 0) is 16.1 Å². The van der Waals surface area contributed by atoms with Crippen LogP contribution in [0.25, 0.3) is 11.4 Å². The molecule has 0 aliphatic heterocycles. The Kier molecular flexibility index (Phi) is 5.65. The smallest absolute Gasteiger partial charge is 0.220 e. The second kappa shape index (κ2) is 7.92. The van der Waals surface area contributed by atoms with Crippen molar-refractivity contribution < 1.29 is 9.59 Å². The molecule has 22 heavy (non-hydrogen) atoms. The number of carbonyl (C=O) groups is 2. The van der Waals surface area contributed by atoms with Gasteiger partial charge in [-0.15, -0.1) is 20.4 Å². The van der Waals surface area contributed by atoms with Gasteiger partial charge >= 0.3 is 0 Å². The number of benzene rings is 1. The van der Waals surface area contributed by atoms with Gasteiger partial charge in [0.2, 0.25) is 11.7 Å². The molecule has 0 unspecified atom stereocenters. The van der Waals surface area contributed by atoms with Crippen molar-refractivity contribution in [2.45, 2.75) is 32.7 Å². The monoisotopic (exact) mass is 299 g/mol. The average molecular weight is 299 g/mol. The minimum Gasteiger partial charge on any atom is -0.352 e. The van der Waals surface area contributed by atoms with Gasteiger partial charge in [0.15, 0.2) is 6.33 Å². The third-order valence-electron chi connectivity index (χ3n) is 3.04. The molecule has 1 aromatic carbocycles. The SMILES string of the molecule is CC(=O)CCCC(=O)NCc1ccc(-c2nncnn2)cc1. The molecule has 1 amide bonds. The molecule has 0 radical (unpaired) electrons. The van der Waals surface area contributed by atoms with E-state index in [1.54, 1.807) is 0 Å². The lowest BCUT2D eigenvalue weighted by Crippen LogP contribution is -2.22. The lowest BCUT2D eigenvalue weighted by Gasteiger charge is -2.05. The van der Waals surface area contributed by atoms with E-state index in [2.05, 4.69) is 25.7 Å². The predicted molar refractivity (Wildman–Crippen MR) is 79.4 cm³/mol. The number of hydrogen-bond donors (Lipinski definition) is 1. The van der Waals surface area contributed by atoms with E-state index in [-0.39, 0.29) is 11.7 Å². The summed E-state index contributed by atoms with van der Waals surface area (Å²) in [5.41, 5.74) is 1.79. The van der Waals surface area contributed by atoms with Crippen molar-refractivity contribution in [1.29, 1.82) is 0 Å². The van der Waals surface area contributed by atoms with Gasteiger partial charge in [0.1, 0.15) is 5.78 Å². The molecule has 2 aromatic rings. The van der Waals surface area contributed by atoms with Gasteiger partial charge in [-0.05, 0) is 18.9 Å². The van der Waals surface area contributed by atoms with Crippen LogP contribution in [0.3, 0.4) is 0 Å². The molecule has 7 nitrogen and oxygen atoms in total. The molecule has 1 heterocycles. The van der Waals surface area contributed by atoms with Gasteiger partial charge in [-0.3, -0.25) is 4.79 Å². The summed E-state index contributed by atoms with van der Waals surface area (Å²) >= 11 is 0. The summed E-state index contributed by atoms with van der Waals surface area (Å²) in [7, 11) is 0. The number of amides is 1. The maximum atomic E-state index is 11.6. The zero-order valence-corrected chi connectivity index (χ0v) is 12.3. The second-order valence-electron chi connectivity index (χ2n) is 4.90. The van der Waals surface area contributed by atoms with Crippen molar-refractivity contribution in [3.8, 4) is 11.4 Å². The fourth-order valence-electron chi connectivity index (χ4n) is 1.88. The van der Waals surface area contributed by atoms with Crippen LogP contribution in [0.1, 0.15) is 31.7 Å². The van der Waals surface area contributed by atoms with Gasteiger partial charge in [0.05, 0.1) is 0 Å². The molecule has 1 N–H and O–H groups in total. The van der Waals surface area contributed by atoms with Crippen molar-refractivity contribution in [1.82, 2.24) is 25.7 Å². The Morgan fingerprint density at radius 2 is 1.73 bits per heavy atom. The van der Waals surface area contributed by atoms with Crippen molar-refractivity contribution in [3.63, 3.8) is 0 Å². The molecule has 0 saturated carbocycles. The third kappa shape index (κ3) is 5.01. The van der Waals surface area contributed by atoms with Gasteiger partial charge in [0, 0.05) is 24.9 Å². The fraction of sp³-hybridized carbons (Fsp3) is 0.333. The zero-order chi connectivity index (χ0) is 15.8. The number of hydrogen-bond acceptors (Lipinski definition) is 6. The quantitative estimate of drug-likeness (QED) is 0.827. The molecule has 2 rings (SSSR count). The zero-order valence-electron chi connectivity index (χ0n) is 12.3. The highest BCUT2D eigenvalue weighted by Gasteiger charge is 2.04. The molecule has 0 aliphatic rings. The van der Waals surface area contributed by atoms with E-state index in [4.69, 9.17) is 0 Å². The molecule has 114 valence electrons. The van der Waals surface area contributed by atoms with Crippen LogP contribution in [0.15, 0.2) is 30.6 Å². The minimum absolute atomic E-state index is 0.0508. The number of carbonyl (C=O) groups excluding carboxylic acids is 2. The Labute approximate surface area is 128 Å². The van der Waals surface area contributed by atoms with Gasteiger partial charge in [0.25, 0.3) is 0 Å². The van der Waals surface area contributed by atoms with Crippen molar-refractivity contribution >= 4 is 11.7 Å². The van der Waals surface area contributed by atoms with Crippen LogP contribution >= 0.6 is 0 Å². The van der Waals surface area contributed by atoms with Crippen LogP contribution in [-0.4, -0.2) is 32.1 Å². The topological polar surface area (TPSA) is 97.7 Å². The van der Waals surface area contributed by atoms with Crippen LogP contribution in [0.2, 0.25) is 0 Å². The maximum absolute atomic E-state index is 11.6. The van der Waals surface area contributed by atoms with E-state index in [1.165, 1.54) is 13.3 Å². The van der Waals surface area contributed by atoms with Crippen molar-refractivity contribution in [2.75, 3.05) is 0 Å². The normalized spacial score (nSPS) is 10.2. The first-order valence-electron chi connectivity index (χ1n) is 7.01. The molecule has 0 saturated heterocycles. The number of nitrogens with zero attached hydrogens (tertiary/aromatic N) is 4. The summed E-state index contributed by atoms with van der Waals surface area (Å²) in [6.45, 7) is 1.98. The maximum Gasteiger partial charge on any atom is 0.220 e. The van der Waals surface area contributed by atoms with Crippen LogP contribution < -0.4 is 5.32 Å². The first-order chi connectivity index (χ1) is 10.6. The number of nitrogens with one attached hydrogen (secondary N) is 1. The molecule has 0 spiro atoms. The molecular formula is C15H17N5O2. The lowest BCUT2D eigenvalue weighted by molar-refractivity contribution is -0.121.